The van der Waals surface area contributed by atoms with E-state index in [0.29, 0.717) is 6.42 Å². The number of hydrogen-bond acceptors (Lipinski definition) is 6. The third-order valence-electron chi connectivity index (χ3n) is 4.48. The maximum atomic E-state index is 13.6. The quantitative estimate of drug-likeness (QED) is 0.688. The molecule has 3 rings (SSSR count). The molecule has 0 aliphatic carbocycles. The van der Waals surface area contributed by atoms with Gasteiger partial charge in [-0.15, -0.1) is 0 Å². The fourth-order valence-corrected chi connectivity index (χ4v) is 6.12. The summed E-state index contributed by atoms with van der Waals surface area (Å²) in [5.74, 6) is -0.666. The number of methoxy groups -OCH3 is 1. The van der Waals surface area contributed by atoms with Crippen LogP contribution >= 0.6 is 0 Å². The Labute approximate surface area is 163 Å². The van der Waals surface area contributed by atoms with Gasteiger partial charge in [-0.2, -0.15) is 13.7 Å². The highest BCUT2D eigenvalue weighted by Gasteiger charge is 2.33. The van der Waals surface area contributed by atoms with Crippen LogP contribution in [0.2, 0.25) is 0 Å². The Kier molecular flexibility index (Phi) is 5.75. The van der Waals surface area contributed by atoms with Crippen molar-refractivity contribution in [2.75, 3.05) is 33.3 Å². The van der Waals surface area contributed by atoms with Crippen LogP contribution in [0.15, 0.2) is 40.4 Å². The van der Waals surface area contributed by atoms with Crippen LogP contribution < -0.4 is 4.74 Å². The molecule has 9 nitrogen and oxygen atoms in total. The van der Waals surface area contributed by atoms with Gasteiger partial charge in [-0.25, -0.2) is 21.2 Å². The van der Waals surface area contributed by atoms with Gasteiger partial charge >= 0.3 is 0 Å². The summed E-state index contributed by atoms with van der Waals surface area (Å²) in [6, 6.07) is 3.27. The van der Waals surface area contributed by atoms with Gasteiger partial charge in [-0.3, -0.25) is 4.68 Å². The van der Waals surface area contributed by atoms with E-state index >= 15 is 0 Å². The zero-order valence-electron chi connectivity index (χ0n) is 15.4. The Morgan fingerprint density at radius 1 is 1.04 bits per heavy atom. The summed E-state index contributed by atoms with van der Waals surface area (Å²) in [6.07, 6.45) is 2.95. The Balaban J connectivity index is 1.85. The largest absolute Gasteiger partial charge is 0.495 e. The number of rotatable bonds is 5. The van der Waals surface area contributed by atoms with Gasteiger partial charge in [-0.05, 0) is 24.6 Å². The van der Waals surface area contributed by atoms with Gasteiger partial charge < -0.3 is 4.74 Å². The molecular weight excluding hydrogens is 411 g/mol. The minimum atomic E-state index is -4.05. The SMILES string of the molecule is COc1ccc(F)cc1S(=O)(=O)N1CCCN(S(=O)(=O)c2cnn(C)c2)CC1. The summed E-state index contributed by atoms with van der Waals surface area (Å²) in [5.41, 5.74) is 0. The van der Waals surface area contributed by atoms with Gasteiger partial charge in [-0.1, -0.05) is 0 Å². The highest BCUT2D eigenvalue weighted by Crippen LogP contribution is 2.28. The van der Waals surface area contributed by atoms with Crippen LogP contribution in [0, 0.1) is 5.82 Å². The van der Waals surface area contributed by atoms with Crippen LogP contribution in [0.5, 0.6) is 5.75 Å². The second-order valence-corrected chi connectivity index (χ2v) is 10.2. The Morgan fingerprint density at radius 3 is 2.25 bits per heavy atom. The molecule has 0 saturated carbocycles. The Hall–Kier alpha value is -2.02. The molecule has 0 atom stereocenters. The summed E-state index contributed by atoms with van der Waals surface area (Å²) >= 11 is 0. The lowest BCUT2D eigenvalue weighted by Crippen LogP contribution is -2.37. The lowest BCUT2D eigenvalue weighted by Gasteiger charge is -2.22. The molecule has 1 aliphatic rings. The summed E-state index contributed by atoms with van der Waals surface area (Å²) in [5, 5.41) is 3.88. The molecule has 0 amide bonds. The van der Waals surface area contributed by atoms with Crippen molar-refractivity contribution in [2.45, 2.75) is 16.2 Å². The monoisotopic (exact) mass is 432 g/mol. The molecule has 2 aromatic rings. The number of aromatic nitrogens is 2. The highest BCUT2D eigenvalue weighted by molar-refractivity contribution is 7.89. The smallest absolute Gasteiger partial charge is 0.246 e. The van der Waals surface area contributed by atoms with Crippen molar-refractivity contribution in [3.63, 3.8) is 0 Å². The molecule has 1 aliphatic heterocycles. The third-order valence-corrected chi connectivity index (χ3v) is 8.25. The predicted octanol–water partition coefficient (Wildman–Crippen LogP) is 0.653. The normalized spacial score (nSPS) is 17.4. The molecule has 0 N–H and O–H groups in total. The molecule has 12 heteroatoms. The van der Waals surface area contributed by atoms with E-state index in [9.17, 15) is 21.2 Å². The van der Waals surface area contributed by atoms with Gasteiger partial charge in [0.15, 0.2) is 0 Å². The summed E-state index contributed by atoms with van der Waals surface area (Å²) in [4.78, 5) is -0.225. The zero-order valence-corrected chi connectivity index (χ0v) is 17.1. The molecule has 0 unspecified atom stereocenters. The van der Waals surface area contributed by atoms with E-state index in [4.69, 9.17) is 4.74 Å². The fourth-order valence-electron chi connectivity index (χ4n) is 3.02. The minimum Gasteiger partial charge on any atom is -0.495 e. The zero-order chi connectivity index (χ0) is 20.5. The molecule has 1 fully saturated rings. The topological polar surface area (TPSA) is 102 Å². The predicted molar refractivity (Wildman–Crippen MR) is 98.3 cm³/mol. The standard InChI is InChI=1S/C16H21FN4O5S2/c1-19-12-14(11-18-19)27(22,23)20-6-3-7-21(9-8-20)28(24,25)16-10-13(17)4-5-15(16)26-2/h4-5,10-12H,3,6-9H2,1-2H3. The van der Waals surface area contributed by atoms with Crippen molar-refractivity contribution in [1.29, 1.82) is 0 Å². The van der Waals surface area contributed by atoms with E-state index in [1.807, 2.05) is 0 Å². The van der Waals surface area contributed by atoms with E-state index in [-0.39, 0.29) is 41.7 Å². The first-order valence-electron chi connectivity index (χ1n) is 8.49. The number of hydrogen-bond donors (Lipinski definition) is 0. The third kappa shape index (κ3) is 3.90. The van der Waals surface area contributed by atoms with E-state index in [1.54, 1.807) is 7.05 Å². The lowest BCUT2D eigenvalue weighted by atomic mass is 10.3. The molecule has 1 aromatic heterocycles. The molecule has 1 aromatic carbocycles. The Bertz CT molecular complexity index is 1070. The first-order chi connectivity index (χ1) is 13.2. The summed E-state index contributed by atoms with van der Waals surface area (Å²) in [6.45, 7) is 0.209. The highest BCUT2D eigenvalue weighted by atomic mass is 32.2. The maximum Gasteiger partial charge on any atom is 0.246 e. The van der Waals surface area contributed by atoms with Gasteiger partial charge in [0.05, 0.1) is 13.3 Å². The van der Waals surface area contributed by atoms with Crippen molar-refractivity contribution in [1.82, 2.24) is 18.4 Å². The average Bonchev–Trinajstić information content (AvgIpc) is 2.93. The second-order valence-electron chi connectivity index (χ2n) is 6.31. The van der Waals surface area contributed by atoms with Crippen molar-refractivity contribution in [3.8, 4) is 5.75 Å². The number of ether oxygens (including phenoxy) is 1. The number of nitrogens with zero attached hydrogens (tertiary/aromatic N) is 4. The fraction of sp³-hybridized carbons (Fsp3) is 0.438. The minimum absolute atomic E-state index is 0.0198. The summed E-state index contributed by atoms with van der Waals surface area (Å²) < 4.78 is 74.0. The van der Waals surface area contributed by atoms with Crippen molar-refractivity contribution in [2.24, 2.45) is 7.05 Å². The Morgan fingerprint density at radius 2 is 1.68 bits per heavy atom. The van der Waals surface area contributed by atoms with E-state index in [0.717, 1.165) is 16.4 Å². The molecule has 0 bridgehead atoms. The van der Waals surface area contributed by atoms with Gasteiger partial charge in [0.2, 0.25) is 20.0 Å². The van der Waals surface area contributed by atoms with Crippen LogP contribution in [-0.2, 0) is 27.1 Å². The van der Waals surface area contributed by atoms with Gasteiger partial charge in [0.25, 0.3) is 0 Å². The van der Waals surface area contributed by atoms with E-state index < -0.39 is 25.9 Å². The van der Waals surface area contributed by atoms with Crippen molar-refractivity contribution in [3.05, 3.63) is 36.4 Å². The first-order valence-corrected chi connectivity index (χ1v) is 11.4. The molecule has 154 valence electrons. The molecular formula is C16H21FN4O5S2. The molecule has 1 saturated heterocycles. The second kappa shape index (κ2) is 7.78. The average molecular weight is 432 g/mol. The maximum absolute atomic E-state index is 13.6. The van der Waals surface area contributed by atoms with Crippen LogP contribution in [0.3, 0.4) is 0 Å². The molecule has 0 spiro atoms. The van der Waals surface area contributed by atoms with Crippen molar-refractivity contribution < 1.29 is 26.0 Å². The van der Waals surface area contributed by atoms with Gasteiger partial charge in [0, 0.05) is 39.4 Å². The first kappa shape index (κ1) is 20.7. The van der Waals surface area contributed by atoms with Crippen LogP contribution in [0.25, 0.3) is 0 Å². The number of aryl methyl sites for hydroxylation is 1. The van der Waals surface area contributed by atoms with Crippen LogP contribution in [-0.4, -0.2) is 68.5 Å². The number of sulfonamides is 2. The van der Waals surface area contributed by atoms with Crippen LogP contribution in [0.4, 0.5) is 4.39 Å². The molecule has 0 radical (unpaired) electrons. The number of benzene rings is 1. The summed E-state index contributed by atoms with van der Waals surface area (Å²) in [7, 11) is -4.91. The van der Waals surface area contributed by atoms with Gasteiger partial charge in [0.1, 0.15) is 21.4 Å². The van der Waals surface area contributed by atoms with E-state index in [1.165, 1.54) is 34.6 Å². The molecule has 28 heavy (non-hydrogen) atoms. The van der Waals surface area contributed by atoms with Crippen molar-refractivity contribution >= 4 is 20.0 Å². The number of halogens is 1. The van der Waals surface area contributed by atoms with Crippen LogP contribution in [0.1, 0.15) is 6.42 Å². The molecule has 2 heterocycles. The lowest BCUT2D eigenvalue weighted by molar-refractivity contribution is 0.387. The van der Waals surface area contributed by atoms with E-state index in [2.05, 4.69) is 5.10 Å².